The molecule has 10 heteroatoms. The average Bonchev–Trinajstić information content (AvgIpc) is 3.29. The standard InChI is InChI=1S/C21H15Br2N3O5/c22-14-7-8-17(31-21(29)18-6-3-9-30-18)13(10-14)11-25-26-19(27)12-24-20(28)15-4-1-2-5-16(15)23/h1-11H,12H2,(H,24,28)(H,26,27)/b25-11+. The molecule has 0 fully saturated rings. The molecule has 3 rings (SSSR count). The van der Waals surface area contributed by atoms with E-state index in [1.54, 1.807) is 48.5 Å². The molecule has 0 radical (unpaired) electrons. The van der Waals surface area contributed by atoms with Gasteiger partial charge < -0.3 is 14.5 Å². The van der Waals surface area contributed by atoms with E-state index in [1.165, 1.54) is 18.5 Å². The van der Waals surface area contributed by atoms with Crippen LogP contribution in [0.15, 0.2) is 79.3 Å². The van der Waals surface area contributed by atoms with E-state index >= 15 is 0 Å². The van der Waals surface area contributed by atoms with Crippen molar-refractivity contribution in [1.29, 1.82) is 0 Å². The predicted octanol–water partition coefficient (Wildman–Crippen LogP) is 3.90. The highest BCUT2D eigenvalue weighted by atomic mass is 79.9. The Morgan fingerprint density at radius 3 is 2.61 bits per heavy atom. The fraction of sp³-hybridized carbons (Fsp3) is 0.0476. The third-order valence-corrected chi connectivity index (χ3v) is 5.00. The summed E-state index contributed by atoms with van der Waals surface area (Å²) in [6.45, 7) is -0.268. The van der Waals surface area contributed by atoms with E-state index in [4.69, 9.17) is 9.15 Å². The summed E-state index contributed by atoms with van der Waals surface area (Å²) in [6, 6.07) is 14.9. The first-order chi connectivity index (χ1) is 14.9. The van der Waals surface area contributed by atoms with E-state index in [1.807, 2.05) is 0 Å². The van der Waals surface area contributed by atoms with Gasteiger partial charge >= 0.3 is 5.97 Å². The van der Waals surface area contributed by atoms with E-state index in [0.29, 0.717) is 15.6 Å². The number of hydrazone groups is 1. The number of amides is 2. The maximum Gasteiger partial charge on any atom is 0.379 e. The molecule has 8 nitrogen and oxygen atoms in total. The van der Waals surface area contributed by atoms with Crippen molar-refractivity contribution in [2.75, 3.05) is 6.54 Å². The molecule has 0 atom stereocenters. The maximum atomic E-state index is 12.1. The molecule has 3 aromatic rings. The number of esters is 1. The quantitative estimate of drug-likeness (QED) is 0.201. The Bertz CT molecular complexity index is 1130. The number of carbonyl (C=O) groups is 3. The number of hydrogen-bond donors (Lipinski definition) is 2. The minimum absolute atomic E-state index is 0.0555. The zero-order valence-corrected chi connectivity index (χ0v) is 19.0. The number of halogens is 2. The summed E-state index contributed by atoms with van der Waals surface area (Å²) in [4.78, 5) is 36.2. The highest BCUT2D eigenvalue weighted by Crippen LogP contribution is 2.23. The van der Waals surface area contributed by atoms with Gasteiger partial charge in [-0.3, -0.25) is 9.59 Å². The second kappa shape index (κ2) is 10.7. The first-order valence-corrected chi connectivity index (χ1v) is 10.4. The second-order valence-electron chi connectivity index (χ2n) is 6.00. The molecule has 1 heterocycles. The van der Waals surface area contributed by atoms with Crippen molar-refractivity contribution in [1.82, 2.24) is 10.7 Å². The number of ether oxygens (including phenoxy) is 1. The third-order valence-electron chi connectivity index (χ3n) is 3.82. The van der Waals surface area contributed by atoms with E-state index in [0.717, 1.165) is 4.47 Å². The van der Waals surface area contributed by atoms with Gasteiger partial charge in [-0.15, -0.1) is 0 Å². The zero-order chi connectivity index (χ0) is 22.2. The van der Waals surface area contributed by atoms with Crippen LogP contribution in [0.2, 0.25) is 0 Å². The number of nitrogens with zero attached hydrogens (tertiary/aromatic N) is 1. The van der Waals surface area contributed by atoms with E-state index < -0.39 is 17.8 Å². The van der Waals surface area contributed by atoms with Gasteiger partial charge in [-0.05, 0) is 58.4 Å². The molecule has 0 bridgehead atoms. The minimum Gasteiger partial charge on any atom is -0.457 e. The SMILES string of the molecule is O=C(CNC(=O)c1ccccc1Br)N/N=C/c1cc(Br)ccc1OC(=O)c1ccco1. The van der Waals surface area contributed by atoms with Crippen LogP contribution in [-0.2, 0) is 4.79 Å². The van der Waals surface area contributed by atoms with Crippen molar-refractivity contribution in [2.24, 2.45) is 5.10 Å². The zero-order valence-electron chi connectivity index (χ0n) is 15.8. The number of nitrogens with one attached hydrogen (secondary N) is 2. The summed E-state index contributed by atoms with van der Waals surface area (Å²) >= 11 is 6.61. The predicted molar refractivity (Wildman–Crippen MR) is 120 cm³/mol. The Morgan fingerprint density at radius 1 is 1.06 bits per heavy atom. The van der Waals surface area contributed by atoms with Crippen LogP contribution in [0.4, 0.5) is 0 Å². The highest BCUT2D eigenvalue weighted by Gasteiger charge is 2.14. The molecule has 2 amide bonds. The van der Waals surface area contributed by atoms with Crippen molar-refractivity contribution < 1.29 is 23.5 Å². The minimum atomic E-state index is -0.666. The lowest BCUT2D eigenvalue weighted by molar-refractivity contribution is -0.120. The molecule has 0 unspecified atom stereocenters. The topological polar surface area (TPSA) is 110 Å². The van der Waals surface area contributed by atoms with Crippen LogP contribution in [0, 0.1) is 0 Å². The molecule has 0 saturated carbocycles. The monoisotopic (exact) mass is 547 g/mol. The summed E-state index contributed by atoms with van der Waals surface area (Å²) in [6.07, 6.45) is 2.69. The number of rotatable bonds is 7. The van der Waals surface area contributed by atoms with Crippen molar-refractivity contribution in [3.8, 4) is 5.75 Å². The van der Waals surface area contributed by atoms with Crippen LogP contribution in [0.3, 0.4) is 0 Å². The van der Waals surface area contributed by atoms with Crippen molar-refractivity contribution in [3.05, 3.63) is 86.7 Å². The largest absolute Gasteiger partial charge is 0.457 e. The van der Waals surface area contributed by atoms with Gasteiger partial charge in [0, 0.05) is 14.5 Å². The summed E-state index contributed by atoms with van der Waals surface area (Å²) in [5, 5.41) is 6.37. The fourth-order valence-corrected chi connectivity index (χ4v) is 3.22. The average molecular weight is 549 g/mol. The van der Waals surface area contributed by atoms with Crippen LogP contribution in [0.1, 0.15) is 26.5 Å². The van der Waals surface area contributed by atoms with E-state index in [9.17, 15) is 14.4 Å². The molecule has 0 saturated heterocycles. The maximum absolute atomic E-state index is 12.1. The Morgan fingerprint density at radius 2 is 1.87 bits per heavy atom. The normalized spacial score (nSPS) is 10.6. The third kappa shape index (κ3) is 6.37. The molecule has 0 spiro atoms. The molecular weight excluding hydrogens is 534 g/mol. The van der Waals surface area contributed by atoms with Gasteiger partial charge in [0.2, 0.25) is 5.76 Å². The van der Waals surface area contributed by atoms with Gasteiger partial charge in [0.15, 0.2) is 0 Å². The Labute approximate surface area is 193 Å². The summed E-state index contributed by atoms with van der Waals surface area (Å²) in [5.74, 6) is -1.31. The van der Waals surface area contributed by atoms with Gasteiger partial charge in [0.05, 0.1) is 24.6 Å². The molecule has 2 N–H and O–H groups in total. The number of furan rings is 1. The molecule has 0 aliphatic carbocycles. The van der Waals surface area contributed by atoms with Crippen molar-refractivity contribution in [3.63, 3.8) is 0 Å². The van der Waals surface area contributed by atoms with Crippen LogP contribution >= 0.6 is 31.9 Å². The lowest BCUT2D eigenvalue weighted by Crippen LogP contribution is -2.35. The van der Waals surface area contributed by atoms with Crippen LogP contribution in [-0.4, -0.2) is 30.5 Å². The first-order valence-electron chi connectivity index (χ1n) is 8.84. The van der Waals surface area contributed by atoms with Crippen molar-refractivity contribution >= 4 is 55.9 Å². The first kappa shape index (κ1) is 22.4. The molecule has 1 aromatic heterocycles. The highest BCUT2D eigenvalue weighted by molar-refractivity contribution is 9.10. The molecule has 0 aliphatic rings. The van der Waals surface area contributed by atoms with Gasteiger partial charge in [-0.2, -0.15) is 5.10 Å². The Kier molecular flexibility index (Phi) is 7.74. The van der Waals surface area contributed by atoms with Gasteiger partial charge in [0.1, 0.15) is 5.75 Å². The Balaban J connectivity index is 1.58. The smallest absolute Gasteiger partial charge is 0.379 e. The number of carbonyl (C=O) groups excluding carboxylic acids is 3. The molecule has 2 aromatic carbocycles. The molecule has 31 heavy (non-hydrogen) atoms. The fourth-order valence-electron chi connectivity index (χ4n) is 2.37. The van der Waals surface area contributed by atoms with Gasteiger partial charge in [-0.1, -0.05) is 28.1 Å². The van der Waals surface area contributed by atoms with E-state index in [2.05, 4.69) is 47.7 Å². The van der Waals surface area contributed by atoms with Crippen molar-refractivity contribution in [2.45, 2.75) is 0 Å². The van der Waals surface area contributed by atoms with Crippen LogP contribution in [0.25, 0.3) is 0 Å². The molecule has 158 valence electrons. The summed E-state index contributed by atoms with van der Waals surface area (Å²) in [7, 11) is 0. The van der Waals surface area contributed by atoms with E-state index in [-0.39, 0.29) is 18.1 Å². The van der Waals surface area contributed by atoms with Crippen LogP contribution < -0.4 is 15.5 Å². The summed E-state index contributed by atoms with van der Waals surface area (Å²) < 4.78 is 11.7. The summed E-state index contributed by atoms with van der Waals surface area (Å²) in [5.41, 5.74) is 3.16. The lowest BCUT2D eigenvalue weighted by atomic mass is 10.2. The number of hydrogen-bond acceptors (Lipinski definition) is 6. The Hall–Kier alpha value is -3.24. The molecule has 0 aliphatic heterocycles. The van der Waals surface area contributed by atoms with Gasteiger partial charge in [0.25, 0.3) is 11.8 Å². The lowest BCUT2D eigenvalue weighted by Gasteiger charge is -2.07. The molecular formula is C21H15Br2N3O5. The van der Waals surface area contributed by atoms with Crippen LogP contribution in [0.5, 0.6) is 5.75 Å². The second-order valence-corrected chi connectivity index (χ2v) is 7.77. The number of benzene rings is 2. The van der Waals surface area contributed by atoms with Gasteiger partial charge in [-0.25, -0.2) is 10.2 Å².